The quantitative estimate of drug-likeness (QED) is 0.664. The van der Waals surface area contributed by atoms with Crippen LogP contribution < -0.4 is 5.32 Å². The Morgan fingerprint density at radius 3 is 2.57 bits per heavy atom. The number of nitrogens with one attached hydrogen (secondary N) is 1. The highest BCUT2D eigenvalue weighted by atomic mass is 32.2. The van der Waals surface area contributed by atoms with E-state index in [1.165, 1.54) is 11.8 Å². The molecular weight excluding hydrogens is 219 g/mol. The highest BCUT2D eigenvalue weighted by molar-refractivity contribution is 7.99. The summed E-state index contributed by atoms with van der Waals surface area (Å²) in [7, 11) is 0. The van der Waals surface area contributed by atoms with Crippen LogP contribution in [0.15, 0.2) is 0 Å². The third-order valence-electron chi connectivity index (χ3n) is 1.17. The lowest BCUT2D eigenvalue weighted by molar-refractivity contribution is -0.136. The zero-order valence-electron chi connectivity index (χ0n) is 7.43. The molecule has 0 aromatic rings. The number of halogens is 3. The molecule has 0 aromatic carbocycles. The van der Waals surface area contributed by atoms with Crippen LogP contribution in [0.25, 0.3) is 0 Å². The minimum atomic E-state index is -4.36. The Hall–Kier alpha value is -0.430. The third-order valence-corrected chi connectivity index (χ3v) is 2.21. The minimum Gasteiger partial charge on any atom is -0.396 e. The van der Waals surface area contributed by atoms with Crippen molar-refractivity contribution in [3.05, 3.63) is 0 Å². The van der Waals surface area contributed by atoms with E-state index in [0.717, 1.165) is 0 Å². The number of aliphatic hydroxyl groups is 1. The van der Waals surface area contributed by atoms with Crippen LogP contribution in [-0.2, 0) is 4.79 Å². The molecule has 0 radical (unpaired) electrons. The summed E-state index contributed by atoms with van der Waals surface area (Å²) >= 11 is 1.20. The van der Waals surface area contributed by atoms with E-state index in [1.54, 1.807) is 5.32 Å². The van der Waals surface area contributed by atoms with Crippen LogP contribution >= 0.6 is 11.8 Å². The van der Waals surface area contributed by atoms with Crippen molar-refractivity contribution in [2.45, 2.75) is 12.6 Å². The van der Waals surface area contributed by atoms with Crippen LogP contribution in [0, 0.1) is 0 Å². The molecule has 0 rings (SSSR count). The van der Waals surface area contributed by atoms with Crippen LogP contribution in [0.3, 0.4) is 0 Å². The molecule has 1 amide bonds. The normalized spacial score (nSPS) is 11.4. The second kappa shape index (κ2) is 6.94. The Bertz CT molecular complexity index is 175. The van der Waals surface area contributed by atoms with Gasteiger partial charge in [-0.2, -0.15) is 24.9 Å². The molecule has 0 saturated heterocycles. The molecule has 0 atom stereocenters. The fraction of sp³-hybridized carbons (Fsp3) is 0.857. The molecule has 0 heterocycles. The third kappa shape index (κ3) is 9.66. The summed E-state index contributed by atoms with van der Waals surface area (Å²) in [6.07, 6.45) is -3.82. The number of carbonyl (C=O) groups excluding carboxylic acids is 1. The summed E-state index contributed by atoms with van der Waals surface area (Å²) in [5, 5.41) is 10.1. The fourth-order valence-corrected chi connectivity index (χ4v) is 1.35. The first kappa shape index (κ1) is 13.6. The molecule has 0 spiro atoms. The number of aliphatic hydroxyl groups excluding tert-OH is 1. The van der Waals surface area contributed by atoms with Crippen molar-refractivity contribution in [1.82, 2.24) is 5.32 Å². The van der Waals surface area contributed by atoms with E-state index in [4.69, 9.17) is 5.11 Å². The number of hydrogen-bond donors (Lipinski definition) is 2. The lowest BCUT2D eigenvalue weighted by atomic mass is 10.5. The van der Waals surface area contributed by atoms with Gasteiger partial charge >= 0.3 is 6.18 Å². The second-order valence-electron chi connectivity index (χ2n) is 2.52. The van der Waals surface area contributed by atoms with Crippen LogP contribution in [0.5, 0.6) is 0 Å². The molecule has 14 heavy (non-hydrogen) atoms. The minimum absolute atomic E-state index is 0.00389. The van der Waals surface area contributed by atoms with E-state index in [0.29, 0.717) is 12.2 Å². The van der Waals surface area contributed by atoms with Gasteiger partial charge in [-0.1, -0.05) is 0 Å². The van der Waals surface area contributed by atoms with Crippen LogP contribution in [-0.4, -0.2) is 41.8 Å². The summed E-state index contributed by atoms with van der Waals surface area (Å²) in [6, 6.07) is 0. The molecule has 0 saturated carbocycles. The number of amides is 1. The predicted octanol–water partition coefficient (Wildman–Crippen LogP) is 0.780. The largest absolute Gasteiger partial charge is 0.405 e. The molecule has 0 unspecified atom stereocenters. The summed E-state index contributed by atoms with van der Waals surface area (Å²) in [5.74, 6) is -0.0725. The Labute approximate surface area is 84.1 Å². The van der Waals surface area contributed by atoms with Crippen molar-refractivity contribution in [2.24, 2.45) is 0 Å². The molecular formula is C7H12F3NO2S. The maximum atomic E-state index is 11.6. The Morgan fingerprint density at radius 1 is 1.43 bits per heavy atom. The van der Waals surface area contributed by atoms with E-state index in [2.05, 4.69) is 0 Å². The van der Waals surface area contributed by atoms with E-state index in [-0.39, 0.29) is 12.4 Å². The average Bonchev–Trinajstić information content (AvgIpc) is 2.08. The second-order valence-corrected chi connectivity index (χ2v) is 3.63. The van der Waals surface area contributed by atoms with Crippen molar-refractivity contribution < 1.29 is 23.1 Å². The van der Waals surface area contributed by atoms with E-state index >= 15 is 0 Å². The average molecular weight is 231 g/mol. The van der Waals surface area contributed by atoms with Crippen molar-refractivity contribution in [2.75, 3.05) is 24.7 Å². The Kier molecular flexibility index (Phi) is 6.73. The van der Waals surface area contributed by atoms with Gasteiger partial charge in [0, 0.05) is 6.61 Å². The predicted molar refractivity (Wildman–Crippen MR) is 48.1 cm³/mol. The van der Waals surface area contributed by atoms with Gasteiger partial charge in [0.25, 0.3) is 0 Å². The summed E-state index contributed by atoms with van der Waals surface area (Å²) < 4.78 is 34.8. The van der Waals surface area contributed by atoms with Gasteiger partial charge in [0.05, 0.1) is 5.75 Å². The van der Waals surface area contributed by atoms with Gasteiger partial charge in [0.1, 0.15) is 6.54 Å². The van der Waals surface area contributed by atoms with E-state index in [1.807, 2.05) is 0 Å². The summed E-state index contributed by atoms with van der Waals surface area (Å²) in [5.41, 5.74) is 0. The molecule has 0 aliphatic rings. The highest BCUT2D eigenvalue weighted by Crippen LogP contribution is 2.12. The summed E-state index contributed by atoms with van der Waals surface area (Å²) in [4.78, 5) is 10.8. The Balaban J connectivity index is 3.38. The lowest BCUT2D eigenvalue weighted by Crippen LogP contribution is -2.34. The SMILES string of the molecule is O=C(CSCCCO)NCC(F)(F)F. The zero-order chi connectivity index (χ0) is 11.0. The molecule has 2 N–H and O–H groups in total. The lowest BCUT2D eigenvalue weighted by Gasteiger charge is -2.07. The van der Waals surface area contributed by atoms with E-state index in [9.17, 15) is 18.0 Å². The number of thioether (sulfide) groups is 1. The van der Waals surface area contributed by atoms with Gasteiger partial charge < -0.3 is 10.4 Å². The molecule has 0 aliphatic carbocycles. The van der Waals surface area contributed by atoms with Crippen LogP contribution in [0.4, 0.5) is 13.2 Å². The van der Waals surface area contributed by atoms with E-state index < -0.39 is 18.6 Å². The first-order valence-corrected chi connectivity index (χ1v) is 5.13. The fourth-order valence-electron chi connectivity index (χ4n) is 0.581. The number of carbonyl (C=O) groups is 1. The molecule has 7 heteroatoms. The topological polar surface area (TPSA) is 49.3 Å². The first-order valence-electron chi connectivity index (χ1n) is 3.98. The summed E-state index contributed by atoms with van der Waals surface area (Å²) in [6.45, 7) is -1.26. The van der Waals surface area contributed by atoms with Gasteiger partial charge in [-0.05, 0) is 12.2 Å². The van der Waals surface area contributed by atoms with Crippen molar-refractivity contribution in [1.29, 1.82) is 0 Å². The number of rotatable bonds is 6. The van der Waals surface area contributed by atoms with Crippen LogP contribution in [0.2, 0.25) is 0 Å². The monoisotopic (exact) mass is 231 g/mol. The van der Waals surface area contributed by atoms with Crippen molar-refractivity contribution in [3.63, 3.8) is 0 Å². The maximum Gasteiger partial charge on any atom is 0.405 e. The first-order chi connectivity index (χ1) is 6.45. The standard InChI is InChI=1S/C7H12F3NO2S/c8-7(9,10)5-11-6(13)4-14-3-1-2-12/h12H,1-5H2,(H,11,13). The molecule has 0 aromatic heterocycles. The molecule has 0 aliphatic heterocycles. The zero-order valence-corrected chi connectivity index (χ0v) is 8.25. The molecule has 3 nitrogen and oxygen atoms in total. The van der Waals surface area contributed by atoms with Gasteiger partial charge in [-0.15, -0.1) is 0 Å². The molecule has 84 valence electrons. The highest BCUT2D eigenvalue weighted by Gasteiger charge is 2.27. The van der Waals surface area contributed by atoms with Gasteiger partial charge in [0.15, 0.2) is 0 Å². The van der Waals surface area contributed by atoms with Crippen LogP contribution in [0.1, 0.15) is 6.42 Å². The van der Waals surface area contributed by atoms with Gasteiger partial charge in [-0.25, -0.2) is 0 Å². The van der Waals surface area contributed by atoms with Gasteiger partial charge in [-0.3, -0.25) is 4.79 Å². The van der Waals surface area contributed by atoms with Crippen molar-refractivity contribution in [3.8, 4) is 0 Å². The number of alkyl halides is 3. The Morgan fingerprint density at radius 2 is 2.07 bits per heavy atom. The maximum absolute atomic E-state index is 11.6. The number of hydrogen-bond acceptors (Lipinski definition) is 3. The molecule has 0 bridgehead atoms. The van der Waals surface area contributed by atoms with Gasteiger partial charge in [0.2, 0.25) is 5.91 Å². The van der Waals surface area contributed by atoms with Crippen molar-refractivity contribution >= 4 is 17.7 Å². The smallest absolute Gasteiger partial charge is 0.396 e. The molecule has 0 fully saturated rings.